The van der Waals surface area contributed by atoms with Crippen LogP contribution < -0.4 is 0 Å². The molecule has 0 aliphatic heterocycles. The Kier molecular flexibility index (Phi) is 4.73. The van der Waals surface area contributed by atoms with Gasteiger partial charge in [0.25, 0.3) is 0 Å². The van der Waals surface area contributed by atoms with E-state index in [9.17, 15) is 0 Å². The molecule has 1 N–H and O–H groups in total. The molecule has 1 fully saturated rings. The molecule has 1 rings (SSSR count). The number of nitrogens with zero attached hydrogens (tertiary/aromatic N) is 4. The molecule has 0 aromatic rings. The molecule has 0 amide bonds. The lowest BCUT2D eigenvalue weighted by atomic mass is 9.82. The van der Waals surface area contributed by atoms with Crippen LogP contribution in [0.3, 0.4) is 0 Å². The summed E-state index contributed by atoms with van der Waals surface area (Å²) < 4.78 is 0. The summed E-state index contributed by atoms with van der Waals surface area (Å²) in [6, 6.07) is 0. The second-order valence-electron chi connectivity index (χ2n) is 4.06. The van der Waals surface area contributed by atoms with Crippen LogP contribution >= 0.6 is 0 Å². The number of aliphatic hydroxyl groups excluding tert-OH is 1. The van der Waals surface area contributed by atoms with Gasteiger partial charge in [-0.05, 0) is 44.3 Å². The van der Waals surface area contributed by atoms with E-state index in [1.165, 1.54) is 0 Å². The smallest absolute Gasteiger partial charge is 0.0546 e. The van der Waals surface area contributed by atoms with E-state index in [1.54, 1.807) is 0 Å². The summed E-state index contributed by atoms with van der Waals surface area (Å²) in [4.78, 5) is 4.94. The maximum Gasteiger partial charge on any atom is 0.0546 e. The first-order valence-corrected chi connectivity index (χ1v) is 5.10. The van der Waals surface area contributed by atoms with Crippen molar-refractivity contribution in [2.75, 3.05) is 26.7 Å². The van der Waals surface area contributed by atoms with Gasteiger partial charge >= 0.3 is 0 Å². The molecule has 5 nitrogen and oxygen atoms in total. The van der Waals surface area contributed by atoms with Gasteiger partial charge in [0.15, 0.2) is 0 Å². The zero-order valence-electron chi connectivity index (χ0n) is 8.63. The molecule has 0 bridgehead atoms. The van der Waals surface area contributed by atoms with Gasteiger partial charge in [-0.25, -0.2) is 0 Å². The van der Waals surface area contributed by atoms with Gasteiger partial charge in [0.1, 0.15) is 0 Å². The summed E-state index contributed by atoms with van der Waals surface area (Å²) in [6.07, 6.45) is 2.74. The van der Waals surface area contributed by atoms with Gasteiger partial charge in [0, 0.05) is 18.0 Å². The lowest BCUT2D eigenvalue weighted by molar-refractivity contribution is 0.0283. The van der Waals surface area contributed by atoms with Gasteiger partial charge in [-0.15, -0.1) is 0 Å². The van der Waals surface area contributed by atoms with Crippen LogP contribution in [0.15, 0.2) is 5.11 Å². The Morgan fingerprint density at radius 1 is 1.57 bits per heavy atom. The van der Waals surface area contributed by atoms with E-state index in [-0.39, 0.29) is 6.10 Å². The van der Waals surface area contributed by atoms with Crippen molar-refractivity contribution in [3.05, 3.63) is 10.4 Å². The average Bonchev–Trinajstić information content (AvgIpc) is 2.10. The van der Waals surface area contributed by atoms with Crippen LogP contribution in [-0.4, -0.2) is 42.8 Å². The van der Waals surface area contributed by atoms with Crippen molar-refractivity contribution in [1.29, 1.82) is 0 Å². The first-order chi connectivity index (χ1) is 6.72. The van der Waals surface area contributed by atoms with E-state index in [0.29, 0.717) is 12.5 Å². The largest absolute Gasteiger partial charge is 0.393 e. The second-order valence-corrected chi connectivity index (χ2v) is 4.06. The molecule has 0 atom stereocenters. The second kappa shape index (κ2) is 5.86. The quantitative estimate of drug-likeness (QED) is 0.303. The van der Waals surface area contributed by atoms with Crippen LogP contribution in [0.1, 0.15) is 19.3 Å². The van der Waals surface area contributed by atoms with Gasteiger partial charge in [-0.2, -0.15) is 0 Å². The Balaban J connectivity index is 1.98. The van der Waals surface area contributed by atoms with E-state index >= 15 is 0 Å². The van der Waals surface area contributed by atoms with E-state index in [0.717, 1.165) is 32.4 Å². The van der Waals surface area contributed by atoms with E-state index in [2.05, 4.69) is 22.0 Å². The topological polar surface area (TPSA) is 72.2 Å². The predicted molar refractivity (Wildman–Crippen MR) is 54.9 cm³/mol. The minimum absolute atomic E-state index is 0.0587. The molecular formula is C9H18N4O. The van der Waals surface area contributed by atoms with Crippen molar-refractivity contribution in [3.8, 4) is 0 Å². The molecule has 1 aliphatic rings. The Labute approximate surface area is 84.3 Å². The molecule has 0 aromatic carbocycles. The van der Waals surface area contributed by atoms with Crippen molar-refractivity contribution in [2.24, 2.45) is 11.0 Å². The Hall–Kier alpha value is -0.770. The van der Waals surface area contributed by atoms with Crippen molar-refractivity contribution in [3.63, 3.8) is 0 Å². The molecule has 0 heterocycles. The maximum atomic E-state index is 9.10. The Morgan fingerprint density at radius 2 is 2.29 bits per heavy atom. The predicted octanol–water partition coefficient (Wildman–Crippen LogP) is 1.39. The molecule has 14 heavy (non-hydrogen) atoms. The van der Waals surface area contributed by atoms with Crippen LogP contribution in [0.25, 0.3) is 10.4 Å². The molecule has 0 aromatic heterocycles. The highest BCUT2D eigenvalue weighted by Gasteiger charge is 2.27. The number of azide groups is 1. The fourth-order valence-corrected chi connectivity index (χ4v) is 1.84. The third kappa shape index (κ3) is 3.96. The number of hydrogen-bond acceptors (Lipinski definition) is 3. The zero-order chi connectivity index (χ0) is 10.4. The highest BCUT2D eigenvalue weighted by molar-refractivity contribution is 4.80. The standard InChI is InChI=1S/C9H18N4O/c1-13(4-2-3-11-12-10)7-8-5-9(14)6-8/h8-9,14H,2-7H2,1H3. The maximum absolute atomic E-state index is 9.10. The Morgan fingerprint density at radius 3 is 2.86 bits per heavy atom. The molecule has 0 spiro atoms. The first kappa shape index (κ1) is 11.3. The van der Waals surface area contributed by atoms with E-state index < -0.39 is 0 Å². The third-order valence-corrected chi connectivity index (χ3v) is 2.64. The van der Waals surface area contributed by atoms with Gasteiger partial charge in [-0.1, -0.05) is 5.11 Å². The van der Waals surface area contributed by atoms with Gasteiger partial charge in [0.05, 0.1) is 6.10 Å². The van der Waals surface area contributed by atoms with Crippen molar-refractivity contribution >= 4 is 0 Å². The summed E-state index contributed by atoms with van der Waals surface area (Å²) in [5.41, 5.74) is 8.07. The minimum Gasteiger partial charge on any atom is -0.393 e. The number of hydrogen-bond donors (Lipinski definition) is 1. The minimum atomic E-state index is -0.0587. The summed E-state index contributed by atoms with van der Waals surface area (Å²) in [5.74, 6) is 0.662. The third-order valence-electron chi connectivity index (χ3n) is 2.64. The fraction of sp³-hybridized carbons (Fsp3) is 1.00. The van der Waals surface area contributed by atoms with Gasteiger partial charge in [-0.3, -0.25) is 0 Å². The van der Waals surface area contributed by atoms with Crippen molar-refractivity contribution in [1.82, 2.24) is 4.90 Å². The van der Waals surface area contributed by atoms with Gasteiger partial charge in [0.2, 0.25) is 0 Å². The lowest BCUT2D eigenvalue weighted by Gasteiger charge is -2.34. The summed E-state index contributed by atoms with van der Waals surface area (Å²) in [5, 5.41) is 12.6. The van der Waals surface area contributed by atoms with Crippen LogP contribution in [0.2, 0.25) is 0 Å². The van der Waals surface area contributed by atoms with E-state index in [4.69, 9.17) is 10.6 Å². The average molecular weight is 198 g/mol. The van der Waals surface area contributed by atoms with Crippen molar-refractivity contribution < 1.29 is 5.11 Å². The summed E-state index contributed by atoms with van der Waals surface area (Å²) in [7, 11) is 2.07. The number of aliphatic hydroxyl groups is 1. The molecule has 5 heteroatoms. The lowest BCUT2D eigenvalue weighted by Crippen LogP contribution is -2.37. The van der Waals surface area contributed by atoms with E-state index in [1.807, 2.05) is 0 Å². The number of rotatable bonds is 6. The van der Waals surface area contributed by atoms with Crippen LogP contribution in [0.4, 0.5) is 0 Å². The summed E-state index contributed by atoms with van der Waals surface area (Å²) >= 11 is 0. The molecule has 0 radical (unpaired) electrons. The van der Waals surface area contributed by atoms with Crippen LogP contribution in [0, 0.1) is 5.92 Å². The summed E-state index contributed by atoms with van der Waals surface area (Å²) in [6.45, 7) is 2.59. The molecule has 0 saturated heterocycles. The Bertz CT molecular complexity index is 209. The molecule has 0 unspecified atom stereocenters. The van der Waals surface area contributed by atoms with Crippen LogP contribution in [0.5, 0.6) is 0 Å². The highest BCUT2D eigenvalue weighted by Crippen LogP contribution is 2.27. The molecule has 1 aliphatic carbocycles. The van der Waals surface area contributed by atoms with Crippen molar-refractivity contribution in [2.45, 2.75) is 25.4 Å². The first-order valence-electron chi connectivity index (χ1n) is 5.10. The normalized spacial score (nSPS) is 25.6. The highest BCUT2D eigenvalue weighted by atomic mass is 16.3. The van der Waals surface area contributed by atoms with Crippen LogP contribution in [-0.2, 0) is 0 Å². The zero-order valence-corrected chi connectivity index (χ0v) is 8.63. The SMILES string of the molecule is CN(CCCN=[N+]=[N-])CC1CC(O)C1. The molecule has 80 valence electrons. The monoisotopic (exact) mass is 198 g/mol. The fourth-order valence-electron chi connectivity index (χ4n) is 1.84. The molecular weight excluding hydrogens is 180 g/mol. The van der Waals surface area contributed by atoms with Gasteiger partial charge < -0.3 is 10.0 Å². The molecule has 1 saturated carbocycles.